The summed E-state index contributed by atoms with van der Waals surface area (Å²) in [4.78, 5) is 24.0. The van der Waals surface area contributed by atoms with Gasteiger partial charge >= 0.3 is 0 Å². The Kier molecular flexibility index (Phi) is 6.70. The first-order chi connectivity index (χ1) is 7.01. The van der Waals surface area contributed by atoms with E-state index < -0.39 is 0 Å². The third-order valence-electron chi connectivity index (χ3n) is 2.34. The van der Waals surface area contributed by atoms with E-state index in [9.17, 15) is 9.59 Å². The van der Waals surface area contributed by atoms with Gasteiger partial charge < -0.3 is 16.0 Å². The van der Waals surface area contributed by atoms with Crippen LogP contribution in [0.5, 0.6) is 0 Å². The van der Waals surface area contributed by atoms with E-state index >= 15 is 0 Å². The van der Waals surface area contributed by atoms with Gasteiger partial charge in [0.1, 0.15) is 0 Å². The maximum atomic E-state index is 11.5. The second kappa shape index (κ2) is 7.23. The first-order valence-corrected chi connectivity index (χ1v) is 5.21. The number of nitrogens with one attached hydrogen (secondary N) is 1. The van der Waals surface area contributed by atoms with Crippen molar-refractivity contribution in [1.82, 2.24) is 10.2 Å². The third kappa shape index (κ3) is 6.06. The molecule has 0 aliphatic carbocycles. The molecule has 1 unspecified atom stereocenters. The summed E-state index contributed by atoms with van der Waals surface area (Å²) in [6.45, 7) is 2.39. The minimum Gasteiger partial charge on any atom is -0.359 e. The third-order valence-corrected chi connectivity index (χ3v) is 2.34. The van der Waals surface area contributed by atoms with Gasteiger partial charge in [-0.25, -0.2) is 0 Å². The van der Waals surface area contributed by atoms with Crippen LogP contribution in [0.25, 0.3) is 0 Å². The fourth-order valence-corrected chi connectivity index (χ4v) is 1.04. The Hall–Kier alpha value is -1.10. The highest BCUT2D eigenvalue weighted by molar-refractivity contribution is 5.79. The lowest BCUT2D eigenvalue weighted by Gasteiger charge is -2.18. The molecule has 5 nitrogen and oxygen atoms in total. The van der Waals surface area contributed by atoms with E-state index in [0.29, 0.717) is 19.4 Å². The zero-order chi connectivity index (χ0) is 11.8. The van der Waals surface area contributed by atoms with Crippen LogP contribution in [0.15, 0.2) is 0 Å². The van der Waals surface area contributed by atoms with Crippen LogP contribution in [0, 0.1) is 0 Å². The maximum absolute atomic E-state index is 11.5. The molecule has 3 N–H and O–H groups in total. The van der Waals surface area contributed by atoms with Gasteiger partial charge in [0.05, 0.1) is 0 Å². The van der Waals surface area contributed by atoms with Crippen molar-refractivity contribution in [1.29, 1.82) is 0 Å². The molecular formula is C10H21N3O2. The molecule has 0 radical (unpaired) electrons. The zero-order valence-electron chi connectivity index (χ0n) is 9.75. The molecule has 0 aliphatic heterocycles. The lowest BCUT2D eigenvalue weighted by atomic mass is 10.1. The van der Waals surface area contributed by atoms with E-state index in [4.69, 9.17) is 5.73 Å². The van der Waals surface area contributed by atoms with Crippen molar-refractivity contribution >= 4 is 11.8 Å². The number of nitrogens with zero attached hydrogens (tertiary/aromatic N) is 1. The number of rotatable bonds is 6. The predicted octanol–water partition coefficient (Wildman–Crippen LogP) is -0.292. The number of hydrogen-bond donors (Lipinski definition) is 2. The van der Waals surface area contributed by atoms with Crippen LogP contribution in [0.3, 0.4) is 0 Å². The van der Waals surface area contributed by atoms with Gasteiger partial charge in [0, 0.05) is 39.5 Å². The fraction of sp³-hybridized carbons (Fsp3) is 0.800. The highest BCUT2D eigenvalue weighted by atomic mass is 16.2. The summed E-state index contributed by atoms with van der Waals surface area (Å²) in [5, 5.41) is 2.51. The van der Waals surface area contributed by atoms with Crippen LogP contribution in [0.2, 0.25) is 0 Å². The number of hydrogen-bond acceptors (Lipinski definition) is 3. The summed E-state index contributed by atoms with van der Waals surface area (Å²) in [5.74, 6) is -0.0670. The lowest BCUT2D eigenvalue weighted by Crippen LogP contribution is -2.35. The molecule has 5 heteroatoms. The second-order valence-electron chi connectivity index (χ2n) is 3.61. The molecule has 0 rings (SSSR count). The maximum Gasteiger partial charge on any atom is 0.223 e. The van der Waals surface area contributed by atoms with Gasteiger partial charge in [-0.2, -0.15) is 0 Å². The quantitative estimate of drug-likeness (QED) is 0.639. The SMILES string of the molecule is CCC(N)CC(=O)N(C)CCC(=O)NC. The summed E-state index contributed by atoms with van der Waals surface area (Å²) >= 11 is 0. The number of nitrogens with two attached hydrogens (primary N) is 1. The molecule has 0 aromatic heterocycles. The topological polar surface area (TPSA) is 75.4 Å². The molecule has 0 fully saturated rings. The van der Waals surface area contributed by atoms with E-state index in [1.165, 1.54) is 0 Å². The molecule has 0 heterocycles. The molecule has 0 aromatic carbocycles. The van der Waals surface area contributed by atoms with Gasteiger partial charge in [-0.3, -0.25) is 9.59 Å². The Balaban J connectivity index is 3.83. The van der Waals surface area contributed by atoms with Crippen LogP contribution in [-0.4, -0.2) is 43.4 Å². The van der Waals surface area contributed by atoms with Crippen molar-refractivity contribution in [3.05, 3.63) is 0 Å². The van der Waals surface area contributed by atoms with E-state index in [0.717, 1.165) is 6.42 Å². The summed E-state index contributed by atoms with van der Waals surface area (Å²) in [5.41, 5.74) is 5.67. The standard InChI is InChI=1S/C10H21N3O2/c1-4-8(11)7-10(15)13(3)6-5-9(14)12-2/h8H,4-7,11H2,1-3H3,(H,12,14). The average Bonchev–Trinajstić information content (AvgIpc) is 2.24. The van der Waals surface area contributed by atoms with Crippen molar-refractivity contribution in [2.24, 2.45) is 5.73 Å². The summed E-state index contributed by atoms with van der Waals surface area (Å²) in [6, 6.07) is -0.0834. The molecule has 1 atom stereocenters. The minimum atomic E-state index is -0.0834. The molecule has 0 aromatic rings. The molecule has 88 valence electrons. The molecule has 15 heavy (non-hydrogen) atoms. The molecule has 0 saturated carbocycles. The first-order valence-electron chi connectivity index (χ1n) is 5.21. The predicted molar refractivity (Wildman–Crippen MR) is 59.2 cm³/mol. The monoisotopic (exact) mass is 215 g/mol. The van der Waals surface area contributed by atoms with E-state index in [1.807, 2.05) is 6.92 Å². The van der Waals surface area contributed by atoms with Crippen LogP contribution >= 0.6 is 0 Å². The lowest BCUT2D eigenvalue weighted by molar-refractivity contribution is -0.130. The normalized spacial score (nSPS) is 12.0. The van der Waals surface area contributed by atoms with E-state index in [2.05, 4.69) is 5.32 Å². The molecule has 0 saturated heterocycles. The molecule has 0 bridgehead atoms. The molecule has 2 amide bonds. The van der Waals surface area contributed by atoms with E-state index in [-0.39, 0.29) is 17.9 Å². The van der Waals surface area contributed by atoms with Gasteiger partial charge in [0.25, 0.3) is 0 Å². The van der Waals surface area contributed by atoms with Crippen LogP contribution in [-0.2, 0) is 9.59 Å². The molecule has 0 spiro atoms. The number of carbonyl (C=O) groups is 2. The molecule has 0 aliphatic rings. The highest BCUT2D eigenvalue weighted by Crippen LogP contribution is 1.99. The van der Waals surface area contributed by atoms with Crippen molar-refractivity contribution in [3.8, 4) is 0 Å². The summed E-state index contributed by atoms with van der Waals surface area (Å²) < 4.78 is 0. The van der Waals surface area contributed by atoms with Gasteiger partial charge in [-0.15, -0.1) is 0 Å². The van der Waals surface area contributed by atoms with Crippen molar-refractivity contribution in [3.63, 3.8) is 0 Å². The Morgan fingerprint density at radius 3 is 2.53 bits per heavy atom. The van der Waals surface area contributed by atoms with Crippen LogP contribution < -0.4 is 11.1 Å². The fourth-order valence-electron chi connectivity index (χ4n) is 1.04. The van der Waals surface area contributed by atoms with Crippen molar-refractivity contribution in [2.75, 3.05) is 20.6 Å². The van der Waals surface area contributed by atoms with Gasteiger partial charge in [0.15, 0.2) is 0 Å². The van der Waals surface area contributed by atoms with Crippen LogP contribution in [0.1, 0.15) is 26.2 Å². The smallest absolute Gasteiger partial charge is 0.223 e. The van der Waals surface area contributed by atoms with Crippen molar-refractivity contribution < 1.29 is 9.59 Å². The summed E-state index contributed by atoms with van der Waals surface area (Å²) in [6.07, 6.45) is 1.47. The summed E-state index contributed by atoms with van der Waals surface area (Å²) in [7, 11) is 3.27. The Bertz CT molecular complexity index is 219. The van der Waals surface area contributed by atoms with Gasteiger partial charge in [-0.05, 0) is 6.42 Å². The average molecular weight is 215 g/mol. The zero-order valence-corrected chi connectivity index (χ0v) is 9.75. The van der Waals surface area contributed by atoms with Crippen LogP contribution in [0.4, 0.5) is 0 Å². The molecular weight excluding hydrogens is 194 g/mol. The Labute approximate surface area is 91.0 Å². The largest absolute Gasteiger partial charge is 0.359 e. The van der Waals surface area contributed by atoms with Gasteiger partial charge in [-0.1, -0.05) is 6.92 Å². The minimum absolute atomic E-state index is 0.00625. The Morgan fingerprint density at radius 1 is 1.47 bits per heavy atom. The first kappa shape index (κ1) is 13.9. The number of carbonyl (C=O) groups excluding carboxylic acids is 2. The van der Waals surface area contributed by atoms with Gasteiger partial charge in [0.2, 0.25) is 11.8 Å². The number of amides is 2. The van der Waals surface area contributed by atoms with Crippen molar-refractivity contribution in [2.45, 2.75) is 32.2 Å². The second-order valence-corrected chi connectivity index (χ2v) is 3.61. The highest BCUT2D eigenvalue weighted by Gasteiger charge is 2.13. The van der Waals surface area contributed by atoms with E-state index in [1.54, 1.807) is 19.0 Å². The Morgan fingerprint density at radius 2 is 2.07 bits per heavy atom.